The molecule has 1 unspecified atom stereocenters. The molecule has 2 rings (SSSR count). The largest absolute Gasteiger partial charge is 0.384 e. The Morgan fingerprint density at radius 1 is 1.60 bits per heavy atom. The molecular formula is C12H19NOS. The lowest BCUT2D eigenvalue weighted by Gasteiger charge is -2.21. The lowest BCUT2D eigenvalue weighted by Crippen LogP contribution is -2.25. The highest BCUT2D eigenvalue weighted by atomic mass is 32.1. The molecule has 3 N–H and O–H groups in total. The summed E-state index contributed by atoms with van der Waals surface area (Å²) in [6.45, 7) is 4.96. The summed E-state index contributed by atoms with van der Waals surface area (Å²) in [6, 6.07) is 2.26. The van der Waals surface area contributed by atoms with Crippen molar-refractivity contribution < 1.29 is 5.11 Å². The minimum Gasteiger partial charge on any atom is -0.384 e. The van der Waals surface area contributed by atoms with E-state index in [2.05, 4.69) is 19.9 Å². The SMILES string of the molecule is CC(C)c1cc2c(s1)C(O)(CCN)CC2. The zero-order valence-electron chi connectivity index (χ0n) is 9.42. The van der Waals surface area contributed by atoms with Gasteiger partial charge in [-0.25, -0.2) is 0 Å². The fraction of sp³-hybridized carbons (Fsp3) is 0.667. The maximum absolute atomic E-state index is 10.5. The fourth-order valence-electron chi connectivity index (χ4n) is 2.25. The summed E-state index contributed by atoms with van der Waals surface area (Å²) in [5.41, 5.74) is 6.29. The fourth-order valence-corrected chi connectivity index (χ4v) is 3.61. The minimum absolute atomic E-state index is 0.558. The van der Waals surface area contributed by atoms with E-state index in [1.54, 1.807) is 11.3 Å². The second kappa shape index (κ2) is 3.89. The van der Waals surface area contributed by atoms with Gasteiger partial charge in [-0.2, -0.15) is 0 Å². The third-order valence-corrected chi connectivity index (χ3v) is 4.86. The van der Waals surface area contributed by atoms with Crippen LogP contribution in [0.15, 0.2) is 6.07 Å². The van der Waals surface area contributed by atoms with Crippen molar-refractivity contribution in [3.05, 3.63) is 21.4 Å². The van der Waals surface area contributed by atoms with Crippen molar-refractivity contribution in [2.75, 3.05) is 6.54 Å². The van der Waals surface area contributed by atoms with Crippen molar-refractivity contribution in [3.8, 4) is 0 Å². The summed E-state index contributed by atoms with van der Waals surface area (Å²) < 4.78 is 0. The standard InChI is InChI=1S/C12H19NOS/c1-8(2)10-7-9-3-4-12(14,5-6-13)11(9)15-10/h7-8,14H,3-6,13H2,1-2H3. The highest BCUT2D eigenvalue weighted by Gasteiger charge is 2.38. The number of nitrogens with two attached hydrogens (primary N) is 1. The van der Waals surface area contributed by atoms with Crippen molar-refractivity contribution >= 4 is 11.3 Å². The summed E-state index contributed by atoms with van der Waals surface area (Å²) in [5, 5.41) is 10.5. The quantitative estimate of drug-likeness (QED) is 0.829. The van der Waals surface area contributed by atoms with Crippen LogP contribution in [0, 0.1) is 0 Å². The first-order valence-corrected chi connectivity index (χ1v) is 6.44. The molecule has 0 bridgehead atoms. The number of aliphatic hydroxyl groups is 1. The first-order valence-electron chi connectivity index (χ1n) is 5.62. The highest BCUT2D eigenvalue weighted by molar-refractivity contribution is 7.12. The smallest absolute Gasteiger partial charge is 0.101 e. The molecule has 0 aliphatic heterocycles. The van der Waals surface area contributed by atoms with Crippen LogP contribution in [0.5, 0.6) is 0 Å². The Balaban J connectivity index is 2.33. The average Bonchev–Trinajstić information content (AvgIpc) is 2.69. The van der Waals surface area contributed by atoms with E-state index in [0.717, 1.165) is 12.8 Å². The van der Waals surface area contributed by atoms with Gasteiger partial charge in [-0.3, -0.25) is 0 Å². The predicted molar refractivity (Wildman–Crippen MR) is 64.3 cm³/mol. The van der Waals surface area contributed by atoms with E-state index in [-0.39, 0.29) is 0 Å². The topological polar surface area (TPSA) is 46.2 Å². The van der Waals surface area contributed by atoms with Crippen molar-refractivity contribution in [1.29, 1.82) is 0 Å². The van der Waals surface area contributed by atoms with E-state index in [4.69, 9.17) is 5.73 Å². The van der Waals surface area contributed by atoms with Crippen molar-refractivity contribution in [2.45, 2.75) is 44.6 Å². The molecule has 1 aromatic heterocycles. The molecule has 0 radical (unpaired) electrons. The molecule has 0 spiro atoms. The molecule has 1 aromatic rings. The van der Waals surface area contributed by atoms with Crippen LogP contribution in [-0.2, 0) is 12.0 Å². The normalized spacial score (nSPS) is 24.9. The molecule has 1 heterocycles. The van der Waals surface area contributed by atoms with Gasteiger partial charge in [0.1, 0.15) is 5.60 Å². The zero-order chi connectivity index (χ0) is 11.1. The number of hydrogen-bond donors (Lipinski definition) is 2. The van der Waals surface area contributed by atoms with Crippen LogP contribution in [0.3, 0.4) is 0 Å². The van der Waals surface area contributed by atoms with Crippen LogP contribution in [0.2, 0.25) is 0 Å². The maximum atomic E-state index is 10.5. The number of fused-ring (bicyclic) bond motifs is 1. The monoisotopic (exact) mass is 225 g/mol. The molecule has 0 amide bonds. The van der Waals surface area contributed by atoms with Crippen LogP contribution < -0.4 is 5.73 Å². The number of thiophene rings is 1. The van der Waals surface area contributed by atoms with E-state index in [0.29, 0.717) is 18.9 Å². The average molecular weight is 225 g/mol. The lowest BCUT2D eigenvalue weighted by atomic mass is 9.99. The van der Waals surface area contributed by atoms with Gasteiger partial charge in [-0.15, -0.1) is 11.3 Å². The van der Waals surface area contributed by atoms with Crippen LogP contribution in [0.25, 0.3) is 0 Å². The van der Waals surface area contributed by atoms with Crippen LogP contribution in [-0.4, -0.2) is 11.7 Å². The summed E-state index contributed by atoms with van der Waals surface area (Å²) in [4.78, 5) is 2.56. The molecule has 84 valence electrons. The Morgan fingerprint density at radius 2 is 2.33 bits per heavy atom. The minimum atomic E-state index is -0.623. The summed E-state index contributed by atoms with van der Waals surface area (Å²) >= 11 is 1.77. The summed E-state index contributed by atoms with van der Waals surface area (Å²) in [6.07, 6.45) is 2.55. The predicted octanol–water partition coefficient (Wildman–Crippen LogP) is 2.35. The molecule has 0 saturated carbocycles. The molecule has 1 atom stereocenters. The lowest BCUT2D eigenvalue weighted by molar-refractivity contribution is 0.0353. The Morgan fingerprint density at radius 3 is 2.93 bits per heavy atom. The van der Waals surface area contributed by atoms with Gasteiger partial charge in [0.05, 0.1) is 0 Å². The number of rotatable bonds is 3. The van der Waals surface area contributed by atoms with Gasteiger partial charge in [0.2, 0.25) is 0 Å². The Labute approximate surface area is 95.1 Å². The van der Waals surface area contributed by atoms with Crippen molar-refractivity contribution in [2.24, 2.45) is 5.73 Å². The van der Waals surface area contributed by atoms with E-state index >= 15 is 0 Å². The van der Waals surface area contributed by atoms with E-state index < -0.39 is 5.60 Å². The Hall–Kier alpha value is -0.380. The molecule has 1 aliphatic carbocycles. The van der Waals surface area contributed by atoms with E-state index in [1.165, 1.54) is 15.3 Å². The van der Waals surface area contributed by atoms with E-state index in [1.807, 2.05) is 0 Å². The molecular weight excluding hydrogens is 206 g/mol. The maximum Gasteiger partial charge on any atom is 0.101 e. The molecule has 2 nitrogen and oxygen atoms in total. The Kier molecular flexibility index (Phi) is 2.88. The van der Waals surface area contributed by atoms with E-state index in [9.17, 15) is 5.11 Å². The third-order valence-electron chi connectivity index (χ3n) is 3.19. The van der Waals surface area contributed by atoms with Gasteiger partial charge < -0.3 is 10.8 Å². The second-order valence-corrected chi connectivity index (χ2v) is 5.81. The molecule has 0 fully saturated rings. The Bertz CT molecular complexity index is 359. The van der Waals surface area contributed by atoms with Crippen LogP contribution in [0.1, 0.15) is 47.9 Å². The zero-order valence-corrected chi connectivity index (χ0v) is 10.2. The number of aryl methyl sites for hydroxylation is 1. The molecule has 0 saturated heterocycles. The number of hydrogen-bond acceptors (Lipinski definition) is 3. The van der Waals surface area contributed by atoms with Crippen molar-refractivity contribution in [1.82, 2.24) is 0 Å². The second-order valence-electron chi connectivity index (χ2n) is 4.73. The van der Waals surface area contributed by atoms with Crippen molar-refractivity contribution in [3.63, 3.8) is 0 Å². The van der Waals surface area contributed by atoms with Gasteiger partial charge in [-0.05, 0) is 43.4 Å². The molecule has 0 aromatic carbocycles. The summed E-state index contributed by atoms with van der Waals surface area (Å²) in [7, 11) is 0. The molecule has 1 aliphatic rings. The third kappa shape index (κ3) is 1.84. The first-order chi connectivity index (χ1) is 7.07. The van der Waals surface area contributed by atoms with Gasteiger partial charge in [-0.1, -0.05) is 13.8 Å². The van der Waals surface area contributed by atoms with Gasteiger partial charge in [0, 0.05) is 9.75 Å². The van der Waals surface area contributed by atoms with Crippen LogP contribution in [0.4, 0.5) is 0 Å². The summed E-state index contributed by atoms with van der Waals surface area (Å²) in [5.74, 6) is 0.558. The highest BCUT2D eigenvalue weighted by Crippen LogP contribution is 2.45. The van der Waals surface area contributed by atoms with Crippen LogP contribution >= 0.6 is 11.3 Å². The van der Waals surface area contributed by atoms with Gasteiger partial charge >= 0.3 is 0 Å². The molecule has 15 heavy (non-hydrogen) atoms. The first kappa shape index (κ1) is 11.1. The molecule has 3 heteroatoms. The van der Waals surface area contributed by atoms with Gasteiger partial charge in [0.25, 0.3) is 0 Å². The van der Waals surface area contributed by atoms with Gasteiger partial charge in [0.15, 0.2) is 0 Å².